The van der Waals surface area contributed by atoms with Gasteiger partial charge in [0.1, 0.15) is 11.8 Å². The molecule has 0 bridgehead atoms. The van der Waals surface area contributed by atoms with E-state index in [2.05, 4.69) is 15.6 Å². The molecule has 4 N–H and O–H groups in total. The van der Waals surface area contributed by atoms with Crippen molar-refractivity contribution < 1.29 is 22.7 Å². The highest BCUT2D eigenvalue weighted by atomic mass is 32.2. The maximum atomic E-state index is 12.4. The van der Waals surface area contributed by atoms with Gasteiger partial charge in [-0.15, -0.1) is 0 Å². The molecule has 1 heterocycles. The second-order valence-electron chi connectivity index (χ2n) is 7.24. The molecule has 0 saturated carbocycles. The Labute approximate surface area is 196 Å². The van der Waals surface area contributed by atoms with Gasteiger partial charge in [0.2, 0.25) is 15.9 Å². The number of anilines is 1. The van der Waals surface area contributed by atoms with Gasteiger partial charge in [0.05, 0.1) is 17.8 Å². The highest BCUT2D eigenvalue weighted by Crippen LogP contribution is 2.33. The molecular formula is C22H24N4O5S2. The number of nitrogens with zero attached hydrogens (tertiary/aromatic N) is 1. The van der Waals surface area contributed by atoms with Crippen molar-refractivity contribution in [3.8, 4) is 5.75 Å². The molecule has 0 saturated heterocycles. The van der Waals surface area contributed by atoms with E-state index in [-0.39, 0.29) is 22.3 Å². The molecule has 3 rings (SSSR count). The van der Waals surface area contributed by atoms with E-state index in [9.17, 15) is 18.0 Å². The molecule has 1 aliphatic heterocycles. The number of nitrogens with one attached hydrogen (secondary N) is 2. The average Bonchev–Trinajstić information content (AvgIpc) is 2.77. The van der Waals surface area contributed by atoms with Gasteiger partial charge in [0, 0.05) is 17.0 Å². The Balaban J connectivity index is 1.70. The van der Waals surface area contributed by atoms with Crippen LogP contribution in [0.1, 0.15) is 25.5 Å². The molecule has 0 spiro atoms. The Bertz CT molecular complexity index is 1220. The molecular weight excluding hydrogens is 464 g/mol. The third-order valence-electron chi connectivity index (χ3n) is 4.84. The first kappa shape index (κ1) is 24.5. The smallest absolute Gasteiger partial charge is 0.238 e. The number of hydrogen-bond acceptors (Lipinski definition) is 8. The highest BCUT2D eigenvalue weighted by Gasteiger charge is 2.27. The lowest BCUT2D eigenvalue weighted by atomic mass is 9.94. The van der Waals surface area contributed by atoms with Gasteiger partial charge >= 0.3 is 0 Å². The van der Waals surface area contributed by atoms with Crippen molar-refractivity contribution in [3.63, 3.8) is 0 Å². The van der Waals surface area contributed by atoms with Gasteiger partial charge in [0.25, 0.3) is 0 Å². The molecule has 0 radical (unpaired) electrons. The lowest BCUT2D eigenvalue weighted by Gasteiger charge is -2.25. The third-order valence-corrected chi connectivity index (χ3v) is 6.65. The number of thioether (sulfide) groups is 1. The van der Waals surface area contributed by atoms with Crippen molar-refractivity contribution in [3.05, 3.63) is 65.4 Å². The maximum absolute atomic E-state index is 12.4. The topological polar surface area (TPSA) is 140 Å². The fraction of sp³-hybridized carbons (Fsp3) is 0.227. The van der Waals surface area contributed by atoms with E-state index in [1.807, 2.05) is 12.1 Å². The number of ether oxygens (including phenoxy) is 1. The molecule has 0 aromatic heterocycles. The van der Waals surface area contributed by atoms with Gasteiger partial charge < -0.3 is 15.4 Å². The zero-order valence-electron chi connectivity index (χ0n) is 18.3. The van der Waals surface area contributed by atoms with Crippen LogP contribution < -0.4 is 20.5 Å². The van der Waals surface area contributed by atoms with E-state index >= 15 is 0 Å². The Morgan fingerprint density at radius 2 is 1.79 bits per heavy atom. The Morgan fingerprint density at radius 3 is 2.33 bits per heavy atom. The Hall–Kier alpha value is -3.15. The summed E-state index contributed by atoms with van der Waals surface area (Å²) in [6, 6.07) is 12.4. The predicted molar refractivity (Wildman–Crippen MR) is 129 cm³/mol. The van der Waals surface area contributed by atoms with Gasteiger partial charge in [-0.2, -0.15) is 0 Å². The summed E-state index contributed by atoms with van der Waals surface area (Å²) >= 11 is 1.20. The number of carbonyl (C=O) groups excluding carboxylic acids is 2. The molecule has 174 valence electrons. The van der Waals surface area contributed by atoms with Crippen LogP contribution in [0.3, 0.4) is 0 Å². The van der Waals surface area contributed by atoms with Crippen molar-refractivity contribution in [2.75, 3.05) is 18.2 Å². The number of methoxy groups -OCH3 is 1. The second kappa shape index (κ2) is 10.2. The van der Waals surface area contributed by atoms with E-state index in [1.165, 1.54) is 43.0 Å². The van der Waals surface area contributed by atoms with Crippen LogP contribution in [0.2, 0.25) is 0 Å². The number of aliphatic imine (C=N–C) groups is 1. The number of nitrogens with two attached hydrogens (primary N) is 1. The van der Waals surface area contributed by atoms with Crippen molar-refractivity contribution in [2.24, 2.45) is 10.1 Å². The van der Waals surface area contributed by atoms with E-state index in [0.29, 0.717) is 27.9 Å². The molecule has 0 fully saturated rings. The standard InChI is InChI=1S/C22H24N4O5S2/c1-13-20(14(2)27)21(15-4-8-17(31-3)9-5-15)26-22(24-13)32-12-19(28)25-16-6-10-18(11-7-16)33(23,29)30/h4-11,21H,12H2,1-3H3,(H,24,26)(H,25,28)(H2,23,29,30). The van der Waals surface area contributed by atoms with Crippen molar-refractivity contribution in [1.82, 2.24) is 5.32 Å². The molecule has 0 aliphatic carbocycles. The maximum Gasteiger partial charge on any atom is 0.238 e. The number of amidine groups is 1. The lowest BCUT2D eigenvalue weighted by Crippen LogP contribution is -2.30. The second-order valence-corrected chi connectivity index (χ2v) is 9.76. The van der Waals surface area contributed by atoms with Gasteiger partial charge in [-0.05, 0) is 55.8 Å². The number of rotatable bonds is 7. The van der Waals surface area contributed by atoms with E-state index in [1.54, 1.807) is 26.2 Å². The minimum Gasteiger partial charge on any atom is -0.497 e. The SMILES string of the molecule is COc1ccc(C2N=C(SCC(=O)Nc3ccc(S(N)(=O)=O)cc3)NC(C)=C2C(C)=O)cc1. The summed E-state index contributed by atoms with van der Waals surface area (Å²) in [6.07, 6.45) is 0. The van der Waals surface area contributed by atoms with Crippen LogP contribution >= 0.6 is 11.8 Å². The number of Topliss-reactive ketones (excluding diaryl/α,β-unsaturated/α-hetero) is 1. The van der Waals surface area contributed by atoms with Crippen molar-refractivity contribution in [2.45, 2.75) is 24.8 Å². The number of hydrogen-bond donors (Lipinski definition) is 3. The van der Waals surface area contributed by atoms with E-state index in [0.717, 1.165) is 5.56 Å². The fourth-order valence-electron chi connectivity index (χ4n) is 3.26. The number of primary sulfonamides is 1. The summed E-state index contributed by atoms with van der Waals surface area (Å²) in [5.74, 6) is 0.369. The summed E-state index contributed by atoms with van der Waals surface area (Å²) in [6.45, 7) is 3.30. The molecule has 1 aliphatic rings. The molecule has 33 heavy (non-hydrogen) atoms. The minimum atomic E-state index is -3.80. The summed E-state index contributed by atoms with van der Waals surface area (Å²) in [5, 5.41) is 11.4. The quantitative estimate of drug-likeness (QED) is 0.544. The first-order chi connectivity index (χ1) is 15.6. The number of allylic oxidation sites excluding steroid dienone is 1. The summed E-state index contributed by atoms with van der Waals surface area (Å²) < 4.78 is 27.9. The van der Waals surface area contributed by atoms with Crippen LogP contribution in [0, 0.1) is 0 Å². The molecule has 1 unspecified atom stereocenters. The third kappa shape index (κ3) is 6.21. The van der Waals surface area contributed by atoms with Crippen LogP contribution in [-0.2, 0) is 19.6 Å². The normalized spacial score (nSPS) is 16.0. The van der Waals surface area contributed by atoms with Crippen molar-refractivity contribution in [1.29, 1.82) is 0 Å². The molecule has 11 heteroatoms. The summed E-state index contributed by atoms with van der Waals surface area (Å²) in [7, 11) is -2.22. The van der Waals surface area contributed by atoms with Gasteiger partial charge in [-0.25, -0.2) is 18.5 Å². The van der Waals surface area contributed by atoms with Crippen LogP contribution in [-0.4, -0.2) is 38.1 Å². The minimum absolute atomic E-state index is 0.0382. The van der Waals surface area contributed by atoms with E-state index < -0.39 is 16.1 Å². The number of carbonyl (C=O) groups is 2. The van der Waals surface area contributed by atoms with Crippen LogP contribution in [0.25, 0.3) is 0 Å². The zero-order chi connectivity index (χ0) is 24.2. The number of benzene rings is 2. The zero-order valence-corrected chi connectivity index (χ0v) is 19.9. The Kier molecular flexibility index (Phi) is 7.57. The summed E-state index contributed by atoms with van der Waals surface area (Å²) in [4.78, 5) is 29.3. The van der Waals surface area contributed by atoms with E-state index in [4.69, 9.17) is 9.88 Å². The number of amides is 1. The molecule has 2 aromatic carbocycles. The van der Waals surface area contributed by atoms with Crippen LogP contribution in [0.5, 0.6) is 5.75 Å². The molecule has 9 nitrogen and oxygen atoms in total. The fourth-order valence-corrected chi connectivity index (χ4v) is 4.52. The average molecular weight is 489 g/mol. The number of sulfonamides is 1. The molecule has 2 aromatic rings. The van der Waals surface area contributed by atoms with Crippen LogP contribution in [0.4, 0.5) is 5.69 Å². The van der Waals surface area contributed by atoms with Gasteiger partial charge in [-0.1, -0.05) is 23.9 Å². The largest absolute Gasteiger partial charge is 0.497 e. The Morgan fingerprint density at radius 1 is 1.15 bits per heavy atom. The lowest BCUT2D eigenvalue weighted by molar-refractivity contribution is -0.114. The van der Waals surface area contributed by atoms with Gasteiger partial charge in [-0.3, -0.25) is 9.59 Å². The first-order valence-corrected chi connectivity index (χ1v) is 12.4. The highest BCUT2D eigenvalue weighted by molar-refractivity contribution is 8.14. The molecule has 1 amide bonds. The van der Waals surface area contributed by atoms with Crippen molar-refractivity contribution >= 4 is 44.3 Å². The monoisotopic (exact) mass is 488 g/mol. The van der Waals surface area contributed by atoms with Crippen LogP contribution in [0.15, 0.2) is 69.7 Å². The van der Waals surface area contributed by atoms with Gasteiger partial charge in [0.15, 0.2) is 11.0 Å². The number of ketones is 1. The summed E-state index contributed by atoms with van der Waals surface area (Å²) in [5.41, 5.74) is 2.51. The first-order valence-electron chi connectivity index (χ1n) is 9.84. The molecule has 1 atom stereocenters. The predicted octanol–water partition coefficient (Wildman–Crippen LogP) is 2.58.